The van der Waals surface area contributed by atoms with Gasteiger partial charge >= 0.3 is 5.97 Å². The van der Waals surface area contributed by atoms with Gasteiger partial charge in [0.2, 0.25) is 0 Å². The van der Waals surface area contributed by atoms with Crippen LogP contribution in [0.5, 0.6) is 5.75 Å². The summed E-state index contributed by atoms with van der Waals surface area (Å²) in [5.74, 6) is -0.990. The number of nitrogens with two attached hydrogens (primary N) is 1. The summed E-state index contributed by atoms with van der Waals surface area (Å²) in [6, 6.07) is 7.18. The van der Waals surface area contributed by atoms with Crippen LogP contribution in [0.1, 0.15) is 5.56 Å². The maximum atomic E-state index is 11.3. The molecule has 1 aromatic carbocycles. The Morgan fingerprint density at radius 1 is 1.28 bits per heavy atom. The van der Waals surface area contributed by atoms with Gasteiger partial charge in [0, 0.05) is 6.54 Å². The molecular weight excluding hydrogens is 236 g/mol. The molecule has 2 rings (SSSR count). The Labute approximate surface area is 104 Å². The van der Waals surface area contributed by atoms with E-state index in [-0.39, 0.29) is 0 Å². The van der Waals surface area contributed by atoms with Gasteiger partial charge < -0.3 is 15.3 Å². The maximum absolute atomic E-state index is 11.3. The lowest BCUT2D eigenvalue weighted by Gasteiger charge is -2.06. The van der Waals surface area contributed by atoms with E-state index in [1.807, 2.05) is 12.1 Å². The third kappa shape index (κ3) is 2.78. The maximum Gasteiger partial charge on any atom is 0.345 e. The number of benzene rings is 1. The summed E-state index contributed by atoms with van der Waals surface area (Å²) in [6.45, 7) is 0.909. The monoisotopic (exact) mass is 250 g/mol. The number of carbonyl (C=O) groups excluding carboxylic acids is 2. The average molecular weight is 250 g/mol. The minimum absolute atomic E-state index is 0.321. The highest BCUT2D eigenvalue weighted by Gasteiger charge is 2.35. The lowest BCUT2D eigenvalue weighted by molar-refractivity contribution is -0.146. The van der Waals surface area contributed by atoms with Crippen LogP contribution in [-0.4, -0.2) is 25.0 Å². The van der Waals surface area contributed by atoms with E-state index >= 15 is 0 Å². The first-order valence-electron chi connectivity index (χ1n) is 5.63. The first-order valence-corrected chi connectivity index (χ1v) is 5.63. The molecule has 1 amide bonds. The highest BCUT2D eigenvalue weighted by molar-refractivity contribution is 6.01. The van der Waals surface area contributed by atoms with E-state index in [4.69, 9.17) is 10.5 Å². The number of hydroxylamine groups is 1. The van der Waals surface area contributed by atoms with E-state index in [0.717, 1.165) is 5.56 Å². The van der Waals surface area contributed by atoms with Crippen molar-refractivity contribution in [1.82, 2.24) is 5.48 Å². The first-order chi connectivity index (χ1) is 8.70. The Bertz CT molecular complexity index is 428. The summed E-state index contributed by atoms with van der Waals surface area (Å²) >= 11 is 0. The van der Waals surface area contributed by atoms with Gasteiger partial charge in [0.15, 0.2) is 0 Å². The fourth-order valence-corrected chi connectivity index (χ4v) is 1.66. The lowest BCUT2D eigenvalue weighted by Crippen LogP contribution is -2.21. The fraction of sp³-hybridized carbons (Fsp3) is 0.333. The lowest BCUT2D eigenvalue weighted by atomic mass is 9.99. The molecule has 1 aromatic rings. The molecule has 0 saturated carbocycles. The Kier molecular flexibility index (Phi) is 3.78. The molecule has 0 aromatic heterocycles. The zero-order valence-corrected chi connectivity index (χ0v) is 9.72. The van der Waals surface area contributed by atoms with Crippen molar-refractivity contribution in [3.8, 4) is 5.75 Å². The van der Waals surface area contributed by atoms with E-state index < -0.39 is 17.8 Å². The largest absolute Gasteiger partial charge is 0.492 e. The van der Waals surface area contributed by atoms with Gasteiger partial charge in [0.05, 0.1) is 0 Å². The molecule has 1 unspecified atom stereocenters. The molecule has 6 heteroatoms. The summed E-state index contributed by atoms with van der Waals surface area (Å²) in [5.41, 5.74) is 8.25. The highest BCUT2D eigenvalue weighted by atomic mass is 16.7. The normalized spacial score (nSPS) is 18.4. The van der Waals surface area contributed by atoms with Gasteiger partial charge in [-0.05, 0) is 24.1 Å². The van der Waals surface area contributed by atoms with E-state index in [1.165, 1.54) is 0 Å². The van der Waals surface area contributed by atoms with Crippen molar-refractivity contribution in [2.75, 3.05) is 13.2 Å². The molecule has 1 fully saturated rings. The van der Waals surface area contributed by atoms with Gasteiger partial charge in [-0.3, -0.25) is 4.79 Å². The molecule has 18 heavy (non-hydrogen) atoms. The molecule has 1 aliphatic heterocycles. The summed E-state index contributed by atoms with van der Waals surface area (Å²) in [5, 5.41) is 0. The molecule has 0 aliphatic carbocycles. The SMILES string of the molecule is NCCOc1ccc(CC2C(=O)NOC2=O)cc1. The van der Waals surface area contributed by atoms with Gasteiger partial charge in [-0.2, -0.15) is 5.48 Å². The Balaban J connectivity index is 1.97. The van der Waals surface area contributed by atoms with Crippen LogP contribution in [0.4, 0.5) is 0 Å². The smallest absolute Gasteiger partial charge is 0.345 e. The van der Waals surface area contributed by atoms with Crippen LogP contribution in [-0.2, 0) is 20.8 Å². The van der Waals surface area contributed by atoms with Gasteiger partial charge in [-0.25, -0.2) is 4.79 Å². The van der Waals surface area contributed by atoms with E-state index in [9.17, 15) is 9.59 Å². The zero-order chi connectivity index (χ0) is 13.0. The van der Waals surface area contributed by atoms with Crippen molar-refractivity contribution < 1.29 is 19.2 Å². The van der Waals surface area contributed by atoms with Crippen LogP contribution in [0.15, 0.2) is 24.3 Å². The molecule has 1 heterocycles. The molecular formula is C12H14N2O4. The number of hydrogen-bond acceptors (Lipinski definition) is 5. The van der Waals surface area contributed by atoms with Gasteiger partial charge in [0.1, 0.15) is 18.3 Å². The molecule has 1 atom stereocenters. The summed E-state index contributed by atoms with van der Waals surface area (Å²) in [7, 11) is 0. The second-order valence-electron chi connectivity index (χ2n) is 3.93. The molecule has 6 nitrogen and oxygen atoms in total. The van der Waals surface area contributed by atoms with Crippen molar-refractivity contribution in [1.29, 1.82) is 0 Å². The van der Waals surface area contributed by atoms with Gasteiger partial charge in [-0.1, -0.05) is 12.1 Å². The summed E-state index contributed by atoms with van der Waals surface area (Å²) in [6.07, 6.45) is 0.321. The standard InChI is InChI=1S/C12H14N2O4/c13-5-6-17-9-3-1-8(2-4-9)7-10-11(15)14-18-12(10)16/h1-4,10H,5-7,13H2,(H,14,15). The molecule has 96 valence electrons. The van der Waals surface area contributed by atoms with Gasteiger partial charge in [0.25, 0.3) is 5.91 Å². The minimum Gasteiger partial charge on any atom is -0.492 e. The number of carbonyl (C=O) groups is 2. The number of amides is 1. The molecule has 0 bridgehead atoms. The van der Waals surface area contributed by atoms with Crippen LogP contribution >= 0.6 is 0 Å². The number of nitrogens with one attached hydrogen (secondary N) is 1. The predicted octanol–water partition coefficient (Wildman–Crippen LogP) is -0.229. The third-order valence-corrected chi connectivity index (χ3v) is 2.60. The van der Waals surface area contributed by atoms with Crippen LogP contribution in [0, 0.1) is 5.92 Å². The molecule has 0 radical (unpaired) electrons. The third-order valence-electron chi connectivity index (χ3n) is 2.60. The topological polar surface area (TPSA) is 90.7 Å². The average Bonchev–Trinajstić information content (AvgIpc) is 2.70. The molecule has 3 N–H and O–H groups in total. The highest BCUT2D eigenvalue weighted by Crippen LogP contribution is 2.17. The number of rotatable bonds is 5. The number of ether oxygens (including phenoxy) is 1. The first kappa shape index (κ1) is 12.4. The quantitative estimate of drug-likeness (QED) is 0.704. The molecule has 1 saturated heterocycles. The predicted molar refractivity (Wildman–Crippen MR) is 62.4 cm³/mol. The van der Waals surface area contributed by atoms with E-state index in [0.29, 0.717) is 25.3 Å². The Hall–Kier alpha value is -2.08. The summed E-state index contributed by atoms with van der Waals surface area (Å²) < 4.78 is 5.33. The zero-order valence-electron chi connectivity index (χ0n) is 9.72. The van der Waals surface area contributed by atoms with Crippen LogP contribution < -0.4 is 16.0 Å². The van der Waals surface area contributed by atoms with E-state index in [1.54, 1.807) is 12.1 Å². The van der Waals surface area contributed by atoms with Crippen molar-refractivity contribution in [2.45, 2.75) is 6.42 Å². The van der Waals surface area contributed by atoms with Gasteiger partial charge in [-0.15, -0.1) is 0 Å². The van der Waals surface area contributed by atoms with Crippen LogP contribution in [0.3, 0.4) is 0 Å². The fourth-order valence-electron chi connectivity index (χ4n) is 1.66. The van der Waals surface area contributed by atoms with E-state index in [2.05, 4.69) is 10.3 Å². The van der Waals surface area contributed by atoms with Crippen molar-refractivity contribution in [3.63, 3.8) is 0 Å². The van der Waals surface area contributed by atoms with Crippen molar-refractivity contribution >= 4 is 11.9 Å². The number of hydrogen-bond donors (Lipinski definition) is 2. The van der Waals surface area contributed by atoms with Crippen LogP contribution in [0.25, 0.3) is 0 Å². The minimum atomic E-state index is -0.763. The van der Waals surface area contributed by atoms with Crippen molar-refractivity contribution in [2.24, 2.45) is 11.7 Å². The Morgan fingerprint density at radius 3 is 2.56 bits per heavy atom. The Morgan fingerprint density at radius 2 is 2.00 bits per heavy atom. The second kappa shape index (κ2) is 5.50. The molecule has 0 spiro atoms. The summed E-state index contributed by atoms with van der Waals surface area (Å²) in [4.78, 5) is 27.0. The van der Waals surface area contributed by atoms with Crippen LogP contribution in [0.2, 0.25) is 0 Å². The second-order valence-corrected chi connectivity index (χ2v) is 3.93. The van der Waals surface area contributed by atoms with Crippen molar-refractivity contribution in [3.05, 3.63) is 29.8 Å². The molecule has 1 aliphatic rings.